The Labute approximate surface area is 136 Å². The molecule has 3 rings (SSSR count). The third-order valence-electron chi connectivity index (χ3n) is 4.85. The van der Waals surface area contributed by atoms with Crippen molar-refractivity contribution >= 4 is 29.5 Å². The van der Waals surface area contributed by atoms with Gasteiger partial charge in [0.2, 0.25) is 0 Å². The lowest BCUT2D eigenvalue weighted by Gasteiger charge is -2.32. The molecule has 0 saturated carbocycles. The first-order valence-corrected chi connectivity index (χ1v) is 7.75. The number of ether oxygens (including phenoxy) is 1. The van der Waals surface area contributed by atoms with E-state index in [1.807, 2.05) is 62.7 Å². The number of aromatic nitrogens is 1. The monoisotopic (exact) mass is 315 g/mol. The minimum Gasteiger partial charge on any atom is -0.468 e. The molecule has 1 aliphatic rings. The first-order chi connectivity index (χ1) is 10.7. The van der Waals surface area contributed by atoms with Crippen molar-refractivity contribution in [2.75, 3.05) is 7.11 Å². The molecule has 0 amide bonds. The van der Waals surface area contributed by atoms with Crippen LogP contribution in [0, 0.1) is 0 Å². The molecule has 1 aromatic heterocycles. The predicted octanol–water partition coefficient (Wildman–Crippen LogP) is 2.11. The zero-order valence-corrected chi connectivity index (χ0v) is 14.3. The number of nitrogens with zero attached hydrogens (tertiary/aromatic N) is 1. The molecular formula is C17H22BNO4. The molecule has 0 aliphatic carbocycles. The highest BCUT2D eigenvalue weighted by Crippen LogP contribution is 2.36. The van der Waals surface area contributed by atoms with Gasteiger partial charge in [0.05, 0.1) is 18.3 Å². The highest BCUT2D eigenvalue weighted by molar-refractivity contribution is 6.62. The SMILES string of the molecule is COC(=O)Cn1ccc2cc(B3OC(C)(C)C(C)(C)O3)ccc21. The van der Waals surface area contributed by atoms with Crippen LogP contribution in [-0.2, 0) is 25.4 Å². The van der Waals surface area contributed by atoms with Gasteiger partial charge in [0.1, 0.15) is 6.54 Å². The van der Waals surface area contributed by atoms with Crippen LogP contribution < -0.4 is 5.46 Å². The van der Waals surface area contributed by atoms with Crippen LogP contribution in [0.1, 0.15) is 27.7 Å². The van der Waals surface area contributed by atoms with Crippen molar-refractivity contribution in [3.05, 3.63) is 30.5 Å². The Morgan fingerprint density at radius 1 is 1.17 bits per heavy atom. The predicted molar refractivity (Wildman–Crippen MR) is 89.7 cm³/mol. The van der Waals surface area contributed by atoms with Crippen molar-refractivity contribution in [2.24, 2.45) is 0 Å². The second kappa shape index (κ2) is 5.39. The van der Waals surface area contributed by atoms with Crippen LogP contribution in [-0.4, -0.2) is 36.0 Å². The molecule has 0 bridgehead atoms. The van der Waals surface area contributed by atoms with E-state index in [0.29, 0.717) is 0 Å². The summed E-state index contributed by atoms with van der Waals surface area (Å²) >= 11 is 0. The molecule has 1 saturated heterocycles. The summed E-state index contributed by atoms with van der Waals surface area (Å²) in [7, 11) is 1.01. The van der Waals surface area contributed by atoms with Crippen molar-refractivity contribution < 1.29 is 18.8 Å². The van der Waals surface area contributed by atoms with E-state index in [-0.39, 0.29) is 30.8 Å². The largest absolute Gasteiger partial charge is 0.494 e. The number of hydrogen-bond donors (Lipinski definition) is 0. The fourth-order valence-corrected chi connectivity index (χ4v) is 2.69. The fraction of sp³-hybridized carbons (Fsp3) is 0.471. The fourth-order valence-electron chi connectivity index (χ4n) is 2.69. The first-order valence-electron chi connectivity index (χ1n) is 7.75. The van der Waals surface area contributed by atoms with Crippen LogP contribution in [0.25, 0.3) is 10.9 Å². The van der Waals surface area contributed by atoms with Gasteiger partial charge in [-0.3, -0.25) is 4.79 Å². The molecule has 0 spiro atoms. The Morgan fingerprint density at radius 3 is 2.43 bits per heavy atom. The van der Waals surface area contributed by atoms with Crippen LogP contribution in [0.5, 0.6) is 0 Å². The Kier molecular flexibility index (Phi) is 3.77. The van der Waals surface area contributed by atoms with E-state index in [1.54, 1.807) is 0 Å². The Morgan fingerprint density at radius 2 is 1.83 bits per heavy atom. The zero-order valence-electron chi connectivity index (χ0n) is 14.3. The number of fused-ring (bicyclic) bond motifs is 1. The van der Waals surface area contributed by atoms with Crippen LogP contribution in [0.15, 0.2) is 30.5 Å². The summed E-state index contributed by atoms with van der Waals surface area (Å²) in [6.45, 7) is 8.36. The van der Waals surface area contributed by atoms with Crippen molar-refractivity contribution in [1.82, 2.24) is 4.57 Å². The number of carbonyl (C=O) groups is 1. The number of benzene rings is 1. The maximum atomic E-state index is 11.5. The lowest BCUT2D eigenvalue weighted by atomic mass is 9.79. The smallest absolute Gasteiger partial charge is 0.468 e. The molecule has 0 N–H and O–H groups in total. The molecular weight excluding hydrogens is 293 g/mol. The van der Waals surface area contributed by atoms with E-state index < -0.39 is 0 Å². The third-order valence-corrected chi connectivity index (χ3v) is 4.85. The van der Waals surface area contributed by atoms with Gasteiger partial charge >= 0.3 is 13.1 Å². The third kappa shape index (κ3) is 2.77. The lowest BCUT2D eigenvalue weighted by molar-refractivity contribution is -0.141. The molecule has 23 heavy (non-hydrogen) atoms. The van der Waals surface area contributed by atoms with Crippen molar-refractivity contribution in [3.8, 4) is 0 Å². The Balaban J connectivity index is 1.89. The van der Waals surface area contributed by atoms with E-state index in [1.165, 1.54) is 7.11 Å². The standard InChI is InChI=1S/C17H22BNO4/c1-16(2)17(3,4)23-18(22-16)13-6-7-14-12(10-13)8-9-19(14)11-15(20)21-5/h6-10H,11H2,1-5H3. The lowest BCUT2D eigenvalue weighted by Crippen LogP contribution is -2.41. The Hall–Kier alpha value is -1.79. The summed E-state index contributed by atoms with van der Waals surface area (Å²) in [6.07, 6.45) is 1.88. The highest BCUT2D eigenvalue weighted by atomic mass is 16.7. The summed E-state index contributed by atoms with van der Waals surface area (Å²) in [5.41, 5.74) is 1.25. The van der Waals surface area contributed by atoms with Crippen LogP contribution in [0.3, 0.4) is 0 Å². The minimum atomic E-state index is -0.381. The summed E-state index contributed by atoms with van der Waals surface area (Å²) in [5.74, 6) is -0.266. The number of methoxy groups -OCH3 is 1. The summed E-state index contributed by atoms with van der Waals surface area (Å²) in [6, 6.07) is 8.00. The molecule has 1 aliphatic heterocycles. The molecule has 6 heteroatoms. The van der Waals surface area contributed by atoms with E-state index in [4.69, 9.17) is 14.0 Å². The second-order valence-electron chi connectivity index (χ2n) is 6.93. The van der Waals surface area contributed by atoms with Crippen molar-refractivity contribution in [1.29, 1.82) is 0 Å². The summed E-state index contributed by atoms with van der Waals surface area (Å²) in [5, 5.41) is 1.04. The van der Waals surface area contributed by atoms with E-state index in [0.717, 1.165) is 16.4 Å². The quantitative estimate of drug-likeness (QED) is 0.643. The Bertz CT molecular complexity index is 734. The van der Waals surface area contributed by atoms with Gasteiger partial charge in [-0.25, -0.2) is 0 Å². The molecule has 0 atom stereocenters. The first kappa shape index (κ1) is 16.1. The molecule has 1 aromatic carbocycles. The van der Waals surface area contributed by atoms with Crippen molar-refractivity contribution in [3.63, 3.8) is 0 Å². The zero-order chi connectivity index (χ0) is 16.8. The summed E-state index contributed by atoms with van der Waals surface area (Å²) in [4.78, 5) is 11.5. The van der Waals surface area contributed by atoms with Gasteiger partial charge in [-0.2, -0.15) is 0 Å². The highest BCUT2D eigenvalue weighted by Gasteiger charge is 2.51. The van der Waals surface area contributed by atoms with E-state index in [9.17, 15) is 4.79 Å². The average molecular weight is 315 g/mol. The molecule has 2 heterocycles. The van der Waals surface area contributed by atoms with Crippen LogP contribution in [0.2, 0.25) is 0 Å². The molecule has 122 valence electrons. The van der Waals surface area contributed by atoms with Crippen LogP contribution in [0.4, 0.5) is 0 Å². The second-order valence-corrected chi connectivity index (χ2v) is 6.93. The molecule has 0 radical (unpaired) electrons. The maximum absolute atomic E-state index is 11.5. The average Bonchev–Trinajstić information content (AvgIpc) is 2.97. The summed E-state index contributed by atoms with van der Waals surface area (Å²) < 4.78 is 18.8. The number of hydrogen-bond acceptors (Lipinski definition) is 4. The number of esters is 1. The van der Waals surface area contributed by atoms with Gasteiger partial charge in [0.15, 0.2) is 0 Å². The molecule has 5 nitrogen and oxygen atoms in total. The van der Waals surface area contributed by atoms with Gasteiger partial charge in [-0.15, -0.1) is 0 Å². The van der Waals surface area contributed by atoms with Gasteiger partial charge in [-0.05, 0) is 50.7 Å². The van der Waals surface area contributed by atoms with Crippen molar-refractivity contribution in [2.45, 2.75) is 45.4 Å². The minimum absolute atomic E-state index is 0.204. The van der Waals surface area contributed by atoms with Gasteiger partial charge < -0.3 is 18.6 Å². The van der Waals surface area contributed by atoms with Crippen LogP contribution >= 0.6 is 0 Å². The van der Waals surface area contributed by atoms with E-state index in [2.05, 4.69) is 0 Å². The normalized spacial score (nSPS) is 19.3. The molecule has 0 unspecified atom stereocenters. The number of rotatable bonds is 3. The van der Waals surface area contributed by atoms with E-state index >= 15 is 0 Å². The molecule has 1 fully saturated rings. The van der Waals surface area contributed by atoms with Gasteiger partial charge in [-0.1, -0.05) is 12.1 Å². The number of carbonyl (C=O) groups excluding carboxylic acids is 1. The maximum Gasteiger partial charge on any atom is 0.494 e. The topological polar surface area (TPSA) is 49.7 Å². The van der Waals surface area contributed by atoms with Gasteiger partial charge in [0, 0.05) is 11.7 Å². The molecule has 2 aromatic rings. The van der Waals surface area contributed by atoms with Gasteiger partial charge in [0.25, 0.3) is 0 Å².